The minimum Gasteiger partial charge on any atom is -0.496 e. The van der Waals surface area contributed by atoms with Crippen LogP contribution in [0.5, 0.6) is 5.75 Å². The normalized spacial score (nSPS) is 10.2. The van der Waals surface area contributed by atoms with Crippen LogP contribution in [0.1, 0.15) is 15.9 Å². The van der Waals surface area contributed by atoms with Crippen LogP contribution in [0.15, 0.2) is 40.9 Å². The summed E-state index contributed by atoms with van der Waals surface area (Å²) in [5.41, 5.74) is 6.88. The fraction of sp³-hybridized carbons (Fsp3) is 0.133. The van der Waals surface area contributed by atoms with Crippen molar-refractivity contribution in [3.63, 3.8) is 0 Å². The van der Waals surface area contributed by atoms with Crippen molar-refractivity contribution in [2.45, 2.75) is 6.61 Å². The quantitative estimate of drug-likeness (QED) is 0.674. The predicted octanol–water partition coefficient (Wildman–Crippen LogP) is 3.54. The van der Waals surface area contributed by atoms with Crippen LogP contribution in [0, 0.1) is 5.82 Å². The second-order valence-electron chi connectivity index (χ2n) is 4.24. The maximum atomic E-state index is 13.0. The van der Waals surface area contributed by atoms with Crippen LogP contribution < -0.4 is 10.5 Å². The lowest BCUT2D eigenvalue weighted by Gasteiger charge is -2.11. The van der Waals surface area contributed by atoms with E-state index in [1.165, 1.54) is 25.3 Å². The summed E-state index contributed by atoms with van der Waals surface area (Å²) in [7, 11) is 1.45. The topological polar surface area (TPSA) is 61.5 Å². The zero-order valence-corrected chi connectivity index (χ0v) is 12.8. The number of nitrogen functional groups attached to an aromatic ring is 1. The average Bonchev–Trinajstić information content (AvgIpc) is 2.45. The van der Waals surface area contributed by atoms with Crippen molar-refractivity contribution < 1.29 is 18.7 Å². The highest BCUT2D eigenvalue weighted by molar-refractivity contribution is 9.10. The first-order chi connectivity index (χ1) is 10.0. The smallest absolute Gasteiger partial charge is 0.344 e. The molecule has 110 valence electrons. The Labute approximate surface area is 129 Å². The Bertz CT molecular complexity index is 676. The van der Waals surface area contributed by atoms with E-state index in [1.807, 2.05) is 0 Å². The third-order valence-electron chi connectivity index (χ3n) is 2.86. The Balaban J connectivity index is 2.16. The molecule has 0 aromatic heterocycles. The van der Waals surface area contributed by atoms with Crippen molar-refractivity contribution in [3.8, 4) is 5.75 Å². The van der Waals surface area contributed by atoms with Crippen molar-refractivity contribution in [2.24, 2.45) is 0 Å². The number of nitrogens with two attached hydrogens (primary N) is 1. The standard InChI is InChI=1S/C15H13BrFNO3/c1-20-13-4-2-3-12(18)14(13)15(19)21-8-9-5-6-10(17)7-11(9)16/h2-7H,8,18H2,1H3. The predicted molar refractivity (Wildman–Crippen MR) is 80.6 cm³/mol. The largest absolute Gasteiger partial charge is 0.496 e. The lowest BCUT2D eigenvalue weighted by Crippen LogP contribution is -2.10. The number of carbonyl (C=O) groups excluding carboxylic acids is 1. The first-order valence-corrected chi connectivity index (χ1v) is 6.85. The van der Waals surface area contributed by atoms with Crippen molar-refractivity contribution in [3.05, 3.63) is 57.8 Å². The van der Waals surface area contributed by atoms with Gasteiger partial charge >= 0.3 is 5.97 Å². The number of rotatable bonds is 4. The van der Waals surface area contributed by atoms with Crippen LogP contribution in [0.3, 0.4) is 0 Å². The van der Waals surface area contributed by atoms with Crippen LogP contribution in [-0.2, 0) is 11.3 Å². The van der Waals surface area contributed by atoms with E-state index in [9.17, 15) is 9.18 Å². The van der Waals surface area contributed by atoms with Gasteiger partial charge in [0.25, 0.3) is 0 Å². The molecule has 0 aliphatic carbocycles. The second-order valence-corrected chi connectivity index (χ2v) is 5.09. The number of benzene rings is 2. The molecule has 0 radical (unpaired) electrons. The summed E-state index contributed by atoms with van der Waals surface area (Å²) in [6.07, 6.45) is 0. The molecule has 6 heteroatoms. The number of ether oxygens (including phenoxy) is 2. The van der Waals surface area contributed by atoms with Crippen molar-refractivity contribution >= 4 is 27.6 Å². The lowest BCUT2D eigenvalue weighted by molar-refractivity contribution is 0.0469. The monoisotopic (exact) mass is 353 g/mol. The molecule has 0 saturated heterocycles. The third kappa shape index (κ3) is 3.52. The molecular formula is C15H13BrFNO3. The van der Waals surface area contributed by atoms with Crippen molar-refractivity contribution in [2.75, 3.05) is 12.8 Å². The molecular weight excluding hydrogens is 341 g/mol. The van der Waals surface area contributed by atoms with E-state index in [1.54, 1.807) is 18.2 Å². The zero-order valence-electron chi connectivity index (χ0n) is 11.2. The fourth-order valence-corrected chi connectivity index (χ4v) is 2.26. The molecule has 4 nitrogen and oxygen atoms in total. The molecule has 0 bridgehead atoms. The molecule has 0 spiro atoms. The summed E-state index contributed by atoms with van der Waals surface area (Å²) in [4.78, 5) is 12.1. The molecule has 0 unspecified atom stereocenters. The van der Waals surface area contributed by atoms with Gasteiger partial charge in [-0.1, -0.05) is 28.1 Å². The number of esters is 1. The van der Waals surface area contributed by atoms with Gasteiger partial charge < -0.3 is 15.2 Å². The Morgan fingerprint density at radius 2 is 2.10 bits per heavy atom. The summed E-state index contributed by atoms with van der Waals surface area (Å²) < 4.78 is 23.8. The van der Waals surface area contributed by atoms with Crippen LogP contribution in [0.2, 0.25) is 0 Å². The summed E-state index contributed by atoms with van der Waals surface area (Å²) in [6.45, 7) is -0.00279. The number of hydrogen-bond donors (Lipinski definition) is 1. The number of halogens is 2. The molecule has 2 rings (SSSR count). The van der Waals surface area contributed by atoms with Crippen LogP contribution in [0.4, 0.5) is 10.1 Å². The molecule has 0 atom stereocenters. The van der Waals surface area contributed by atoms with Crippen molar-refractivity contribution in [1.29, 1.82) is 0 Å². The first kappa shape index (κ1) is 15.3. The summed E-state index contributed by atoms with van der Waals surface area (Å²) >= 11 is 3.22. The van der Waals surface area contributed by atoms with Gasteiger partial charge in [0.2, 0.25) is 0 Å². The minimum atomic E-state index is -0.596. The molecule has 0 saturated carbocycles. The lowest BCUT2D eigenvalue weighted by atomic mass is 10.1. The van der Waals surface area contributed by atoms with Gasteiger partial charge in [-0.05, 0) is 24.3 Å². The molecule has 2 aromatic carbocycles. The van der Waals surface area contributed by atoms with E-state index in [-0.39, 0.29) is 23.7 Å². The maximum absolute atomic E-state index is 13.0. The Morgan fingerprint density at radius 3 is 2.76 bits per heavy atom. The summed E-state index contributed by atoms with van der Waals surface area (Å²) in [6, 6.07) is 9.04. The van der Waals surface area contributed by atoms with Crippen LogP contribution in [-0.4, -0.2) is 13.1 Å². The van der Waals surface area contributed by atoms with Gasteiger partial charge in [-0.2, -0.15) is 0 Å². The van der Waals surface area contributed by atoms with Gasteiger partial charge in [-0.15, -0.1) is 0 Å². The molecule has 0 heterocycles. The van der Waals surface area contributed by atoms with E-state index in [2.05, 4.69) is 15.9 Å². The minimum absolute atomic E-state index is 0.00279. The average molecular weight is 354 g/mol. The number of hydrogen-bond acceptors (Lipinski definition) is 4. The van der Waals surface area contributed by atoms with Gasteiger partial charge in [0.1, 0.15) is 23.7 Å². The fourth-order valence-electron chi connectivity index (χ4n) is 1.79. The third-order valence-corrected chi connectivity index (χ3v) is 3.59. The molecule has 2 aromatic rings. The van der Waals surface area contributed by atoms with Gasteiger partial charge in [-0.25, -0.2) is 9.18 Å². The van der Waals surface area contributed by atoms with Crippen LogP contribution >= 0.6 is 15.9 Å². The molecule has 0 aliphatic rings. The number of carbonyl (C=O) groups is 1. The SMILES string of the molecule is COc1cccc(N)c1C(=O)OCc1ccc(F)cc1Br. The molecule has 0 fully saturated rings. The van der Waals surface area contributed by atoms with E-state index in [4.69, 9.17) is 15.2 Å². The number of methoxy groups -OCH3 is 1. The number of anilines is 1. The second kappa shape index (κ2) is 6.58. The Hall–Kier alpha value is -2.08. The highest BCUT2D eigenvalue weighted by Gasteiger charge is 2.17. The first-order valence-electron chi connectivity index (χ1n) is 6.06. The van der Waals surface area contributed by atoms with Crippen LogP contribution in [0.25, 0.3) is 0 Å². The summed E-state index contributed by atoms with van der Waals surface area (Å²) in [5, 5.41) is 0. The highest BCUT2D eigenvalue weighted by atomic mass is 79.9. The molecule has 0 aliphatic heterocycles. The van der Waals surface area contributed by atoms with Gasteiger partial charge in [0, 0.05) is 15.7 Å². The van der Waals surface area contributed by atoms with E-state index < -0.39 is 5.97 Å². The Kier molecular flexibility index (Phi) is 4.80. The highest BCUT2D eigenvalue weighted by Crippen LogP contribution is 2.26. The van der Waals surface area contributed by atoms with E-state index in [0.29, 0.717) is 15.8 Å². The van der Waals surface area contributed by atoms with Gasteiger partial charge in [0.15, 0.2) is 0 Å². The maximum Gasteiger partial charge on any atom is 0.344 e. The molecule has 2 N–H and O–H groups in total. The zero-order chi connectivity index (χ0) is 15.4. The van der Waals surface area contributed by atoms with Gasteiger partial charge in [0.05, 0.1) is 7.11 Å². The Morgan fingerprint density at radius 1 is 1.33 bits per heavy atom. The summed E-state index contributed by atoms with van der Waals surface area (Å²) in [5.74, 6) is -0.620. The van der Waals surface area contributed by atoms with Crippen molar-refractivity contribution in [1.82, 2.24) is 0 Å². The van der Waals surface area contributed by atoms with E-state index >= 15 is 0 Å². The molecule has 0 amide bonds. The van der Waals surface area contributed by atoms with E-state index in [0.717, 1.165) is 0 Å². The van der Waals surface area contributed by atoms with Gasteiger partial charge in [-0.3, -0.25) is 0 Å². The molecule has 21 heavy (non-hydrogen) atoms.